The van der Waals surface area contributed by atoms with Crippen LogP contribution in [-0.2, 0) is 0 Å². The Bertz CT molecular complexity index is 2520. The van der Waals surface area contributed by atoms with Gasteiger partial charge in [0.25, 0.3) is 0 Å². The van der Waals surface area contributed by atoms with Crippen LogP contribution in [0.2, 0.25) is 0 Å². The normalized spacial score (nSPS) is 11.4. The van der Waals surface area contributed by atoms with Crippen molar-refractivity contribution in [3.05, 3.63) is 146 Å². The molecule has 4 aromatic carbocycles. The van der Waals surface area contributed by atoms with E-state index < -0.39 is 0 Å². The Morgan fingerprint density at radius 2 is 1.13 bits per heavy atom. The molecule has 0 amide bonds. The third kappa shape index (κ3) is 4.87. The van der Waals surface area contributed by atoms with Gasteiger partial charge in [0.15, 0.2) is 23.1 Å². The molecule has 9 rings (SSSR count). The average molecular weight is 605 g/mol. The van der Waals surface area contributed by atoms with E-state index in [0.29, 0.717) is 28.8 Å². The van der Waals surface area contributed by atoms with Crippen LogP contribution in [0.3, 0.4) is 0 Å². The van der Waals surface area contributed by atoms with Crippen LogP contribution in [-0.4, -0.2) is 29.9 Å². The molecular weight excluding hydrogens is 580 g/mol. The average Bonchev–Trinajstić information content (AvgIpc) is 3.53. The summed E-state index contributed by atoms with van der Waals surface area (Å²) < 4.78 is 5.89. The Kier molecular flexibility index (Phi) is 6.31. The zero-order valence-corrected chi connectivity index (χ0v) is 24.9. The smallest absolute Gasteiger partial charge is 0.227 e. The maximum atomic E-state index is 5.89. The molecule has 0 atom stereocenters. The minimum atomic E-state index is 0.606. The van der Waals surface area contributed by atoms with Crippen LogP contribution < -0.4 is 0 Å². The van der Waals surface area contributed by atoms with Gasteiger partial charge in [-0.2, -0.15) is 0 Å². The standard InChI is InChI=1S/C40H24N6O/c1-3-10-25(11-4-1)37-44-38(26-12-5-2-6-13-26)46-39(45-37)29-16-7-14-27(20-29)30-21-28-15-8-17-32(36(28)43-23-30)34-22-33-31-18-9-19-41-40(31)47-35(33)24-42-34/h1-24H. The number of para-hydroxylation sites is 1. The Morgan fingerprint density at radius 3 is 1.89 bits per heavy atom. The van der Waals surface area contributed by atoms with E-state index in [2.05, 4.69) is 41.4 Å². The van der Waals surface area contributed by atoms with Gasteiger partial charge in [0.2, 0.25) is 5.71 Å². The molecule has 0 saturated carbocycles. The summed E-state index contributed by atoms with van der Waals surface area (Å²) in [5, 5.41) is 2.96. The highest BCUT2D eigenvalue weighted by atomic mass is 16.3. The zero-order chi connectivity index (χ0) is 31.2. The van der Waals surface area contributed by atoms with Crippen LogP contribution in [0.1, 0.15) is 0 Å². The molecule has 0 radical (unpaired) electrons. The third-order valence-electron chi connectivity index (χ3n) is 8.28. The molecule has 0 fully saturated rings. The summed E-state index contributed by atoms with van der Waals surface area (Å²) in [6, 6.07) is 42.6. The molecule has 0 aliphatic carbocycles. The number of furan rings is 1. The summed E-state index contributed by atoms with van der Waals surface area (Å²) in [5.41, 5.74) is 8.75. The third-order valence-corrected chi connectivity index (χ3v) is 8.28. The van der Waals surface area contributed by atoms with E-state index in [1.165, 1.54) is 0 Å². The number of aromatic nitrogens is 6. The van der Waals surface area contributed by atoms with E-state index in [1.807, 2.05) is 97.2 Å². The highest BCUT2D eigenvalue weighted by Crippen LogP contribution is 2.34. The molecular formula is C40H24N6O. The first kappa shape index (κ1) is 26.8. The van der Waals surface area contributed by atoms with Crippen molar-refractivity contribution in [2.24, 2.45) is 0 Å². The summed E-state index contributed by atoms with van der Waals surface area (Å²) in [6.07, 6.45) is 5.41. The van der Waals surface area contributed by atoms with Gasteiger partial charge in [0.1, 0.15) is 0 Å². The van der Waals surface area contributed by atoms with E-state index in [1.54, 1.807) is 12.4 Å². The number of rotatable bonds is 5. The molecule has 7 nitrogen and oxygen atoms in total. The first-order valence-corrected chi connectivity index (χ1v) is 15.3. The molecule has 9 aromatic rings. The number of hydrogen-bond donors (Lipinski definition) is 0. The monoisotopic (exact) mass is 604 g/mol. The van der Waals surface area contributed by atoms with Crippen molar-refractivity contribution < 1.29 is 4.42 Å². The molecule has 47 heavy (non-hydrogen) atoms. The van der Waals surface area contributed by atoms with Gasteiger partial charge in [-0.3, -0.25) is 9.97 Å². The number of hydrogen-bond acceptors (Lipinski definition) is 7. The van der Waals surface area contributed by atoms with Crippen molar-refractivity contribution in [1.82, 2.24) is 29.9 Å². The van der Waals surface area contributed by atoms with Gasteiger partial charge in [-0.25, -0.2) is 19.9 Å². The van der Waals surface area contributed by atoms with E-state index >= 15 is 0 Å². The Hall–Kier alpha value is -6.60. The second-order valence-electron chi connectivity index (χ2n) is 11.2. The summed E-state index contributed by atoms with van der Waals surface area (Å²) >= 11 is 0. The van der Waals surface area contributed by atoms with Gasteiger partial charge in [0, 0.05) is 56.4 Å². The lowest BCUT2D eigenvalue weighted by molar-refractivity contribution is 0.652. The number of benzene rings is 4. The van der Waals surface area contributed by atoms with Gasteiger partial charge >= 0.3 is 0 Å². The fourth-order valence-corrected chi connectivity index (χ4v) is 5.96. The van der Waals surface area contributed by atoms with Crippen molar-refractivity contribution in [3.8, 4) is 56.5 Å². The Balaban J connectivity index is 1.12. The second kappa shape index (κ2) is 11.1. The van der Waals surface area contributed by atoms with Crippen molar-refractivity contribution in [1.29, 1.82) is 0 Å². The van der Waals surface area contributed by atoms with Gasteiger partial charge in [-0.15, -0.1) is 0 Å². The molecule has 0 aliphatic rings. The lowest BCUT2D eigenvalue weighted by Crippen LogP contribution is -2.00. The largest absolute Gasteiger partial charge is 0.436 e. The van der Waals surface area contributed by atoms with Crippen LogP contribution in [0.25, 0.3) is 89.5 Å². The SMILES string of the molecule is c1ccc(-c2nc(-c3ccccc3)nc(-c3cccc(-c4cnc5c(-c6cc7c(cn6)oc6ncccc67)cccc5c4)c3)n2)cc1. The van der Waals surface area contributed by atoms with Gasteiger partial charge in [-0.1, -0.05) is 97.1 Å². The van der Waals surface area contributed by atoms with Crippen molar-refractivity contribution >= 4 is 33.0 Å². The molecule has 0 unspecified atom stereocenters. The van der Waals surface area contributed by atoms with Gasteiger partial charge in [-0.05, 0) is 35.9 Å². The fraction of sp³-hybridized carbons (Fsp3) is 0. The van der Waals surface area contributed by atoms with E-state index in [4.69, 9.17) is 29.3 Å². The van der Waals surface area contributed by atoms with E-state index in [-0.39, 0.29) is 0 Å². The minimum absolute atomic E-state index is 0.606. The fourth-order valence-electron chi connectivity index (χ4n) is 5.96. The molecule has 7 heteroatoms. The van der Waals surface area contributed by atoms with E-state index in [0.717, 1.165) is 60.8 Å². The molecule has 5 aromatic heterocycles. The summed E-state index contributed by atoms with van der Waals surface area (Å²) in [7, 11) is 0. The van der Waals surface area contributed by atoms with Crippen molar-refractivity contribution in [2.75, 3.05) is 0 Å². The first-order valence-electron chi connectivity index (χ1n) is 15.3. The Labute approximate surface area is 269 Å². The number of nitrogens with zero attached hydrogens (tertiary/aromatic N) is 6. The molecule has 0 spiro atoms. The van der Waals surface area contributed by atoms with Gasteiger partial charge < -0.3 is 4.42 Å². The molecule has 220 valence electrons. The van der Waals surface area contributed by atoms with Crippen molar-refractivity contribution in [3.63, 3.8) is 0 Å². The predicted octanol–water partition coefficient (Wildman–Crippen LogP) is 9.44. The Morgan fingerprint density at radius 1 is 0.447 bits per heavy atom. The zero-order valence-electron chi connectivity index (χ0n) is 24.9. The molecule has 0 bridgehead atoms. The molecule has 0 aliphatic heterocycles. The predicted molar refractivity (Wildman–Crippen MR) is 185 cm³/mol. The first-order chi connectivity index (χ1) is 23.3. The van der Waals surface area contributed by atoms with E-state index in [9.17, 15) is 0 Å². The number of pyridine rings is 3. The summed E-state index contributed by atoms with van der Waals surface area (Å²) in [4.78, 5) is 28.7. The maximum Gasteiger partial charge on any atom is 0.227 e. The summed E-state index contributed by atoms with van der Waals surface area (Å²) in [6.45, 7) is 0. The van der Waals surface area contributed by atoms with Crippen molar-refractivity contribution in [2.45, 2.75) is 0 Å². The topological polar surface area (TPSA) is 90.5 Å². The van der Waals surface area contributed by atoms with Crippen LogP contribution >= 0.6 is 0 Å². The minimum Gasteiger partial charge on any atom is -0.436 e. The summed E-state index contributed by atoms with van der Waals surface area (Å²) in [5.74, 6) is 1.87. The van der Waals surface area contributed by atoms with Crippen LogP contribution in [0, 0.1) is 0 Å². The van der Waals surface area contributed by atoms with Crippen LogP contribution in [0.15, 0.2) is 150 Å². The molecule has 0 saturated heterocycles. The lowest BCUT2D eigenvalue weighted by Gasteiger charge is -2.10. The lowest BCUT2D eigenvalue weighted by atomic mass is 10.00. The second-order valence-corrected chi connectivity index (χ2v) is 11.2. The van der Waals surface area contributed by atoms with Gasteiger partial charge in [0.05, 0.1) is 17.4 Å². The van der Waals surface area contributed by atoms with Crippen LogP contribution in [0.4, 0.5) is 0 Å². The maximum absolute atomic E-state index is 5.89. The number of fused-ring (bicyclic) bond motifs is 4. The highest BCUT2D eigenvalue weighted by Gasteiger charge is 2.15. The quantitative estimate of drug-likeness (QED) is 0.193. The molecule has 5 heterocycles. The molecule has 0 N–H and O–H groups in total. The van der Waals surface area contributed by atoms with Crippen LogP contribution in [0.5, 0.6) is 0 Å². The highest BCUT2D eigenvalue weighted by molar-refractivity contribution is 6.05.